The zero-order valence-corrected chi connectivity index (χ0v) is 30.2. The highest BCUT2D eigenvalue weighted by Gasteiger charge is 2.41. The highest BCUT2D eigenvalue weighted by atomic mass is 16.6. The summed E-state index contributed by atoms with van der Waals surface area (Å²) in [6.45, 7) is 5.65. The number of nitrogens with one attached hydrogen (secondary N) is 4. The van der Waals surface area contributed by atoms with Crippen LogP contribution in [0.1, 0.15) is 96.2 Å². The summed E-state index contributed by atoms with van der Waals surface area (Å²) in [5, 5.41) is 31.0. The molecule has 4 amide bonds. The molecule has 0 bridgehead atoms. The highest BCUT2D eigenvalue weighted by molar-refractivity contribution is 5.94. The number of hydrogen-bond donors (Lipinski definition) is 6. The quantitative estimate of drug-likeness (QED) is 0.163. The molecule has 2 heterocycles. The van der Waals surface area contributed by atoms with Crippen LogP contribution in [0.3, 0.4) is 0 Å². The Morgan fingerprint density at radius 3 is 2.24 bits per heavy atom. The van der Waals surface area contributed by atoms with Crippen molar-refractivity contribution in [2.45, 2.75) is 140 Å². The van der Waals surface area contributed by atoms with Crippen LogP contribution in [0, 0.1) is 11.8 Å². The Morgan fingerprint density at radius 1 is 0.902 bits per heavy atom. The van der Waals surface area contributed by atoms with Gasteiger partial charge in [-0.15, -0.1) is 0 Å². The number of carbonyl (C=O) groups is 4. The molecule has 13 heteroatoms. The first kappa shape index (κ1) is 38.3. The number of aliphatic hydroxyl groups is 2. The van der Waals surface area contributed by atoms with Crippen molar-refractivity contribution in [1.29, 1.82) is 0 Å². The first-order valence-corrected chi connectivity index (χ1v) is 18.7. The molecule has 280 valence electrons. The minimum atomic E-state index is -1.14. The summed E-state index contributed by atoms with van der Waals surface area (Å²) < 4.78 is 5.55. The van der Waals surface area contributed by atoms with Crippen LogP contribution in [0.25, 0.3) is 0 Å². The molecule has 51 heavy (non-hydrogen) atoms. The molecule has 13 nitrogen and oxygen atoms in total. The summed E-state index contributed by atoms with van der Waals surface area (Å²) in [5.74, 6) is -1.23. The Balaban J connectivity index is 1.34. The van der Waals surface area contributed by atoms with Crippen LogP contribution in [0.4, 0.5) is 4.79 Å². The van der Waals surface area contributed by atoms with E-state index >= 15 is 0 Å². The predicted molar refractivity (Wildman–Crippen MR) is 190 cm³/mol. The summed E-state index contributed by atoms with van der Waals surface area (Å²) in [4.78, 5) is 63.5. The first-order chi connectivity index (χ1) is 24.4. The molecule has 1 aromatic carbocycles. The predicted octanol–water partition coefficient (Wildman–Crippen LogP) is 3.15. The fourth-order valence-corrected chi connectivity index (χ4v) is 7.31. The van der Waals surface area contributed by atoms with Crippen molar-refractivity contribution in [3.63, 3.8) is 0 Å². The average molecular weight is 709 g/mol. The normalized spacial score (nSPS) is 21.2. The molecule has 3 aliphatic rings. The average Bonchev–Trinajstić information content (AvgIpc) is 3.58. The number of benzene rings is 1. The van der Waals surface area contributed by atoms with Crippen molar-refractivity contribution >= 4 is 23.8 Å². The third-order valence-electron chi connectivity index (χ3n) is 10.2. The molecule has 2 saturated carbocycles. The van der Waals surface area contributed by atoms with Gasteiger partial charge in [0.2, 0.25) is 17.7 Å². The van der Waals surface area contributed by atoms with Gasteiger partial charge >= 0.3 is 6.09 Å². The summed E-state index contributed by atoms with van der Waals surface area (Å²) in [6.07, 6.45) is 9.22. The maximum atomic E-state index is 14.2. The van der Waals surface area contributed by atoms with E-state index in [1.807, 2.05) is 30.3 Å². The molecule has 1 aromatic heterocycles. The van der Waals surface area contributed by atoms with Crippen molar-refractivity contribution < 1.29 is 34.1 Å². The van der Waals surface area contributed by atoms with Crippen molar-refractivity contribution in [2.24, 2.45) is 11.8 Å². The zero-order chi connectivity index (χ0) is 36.5. The maximum Gasteiger partial charge on any atom is 0.410 e. The van der Waals surface area contributed by atoms with Crippen molar-refractivity contribution in [1.82, 2.24) is 30.8 Å². The van der Waals surface area contributed by atoms with E-state index in [1.54, 1.807) is 27.0 Å². The van der Waals surface area contributed by atoms with Gasteiger partial charge in [-0.05, 0) is 70.3 Å². The third-order valence-corrected chi connectivity index (χ3v) is 10.2. The van der Waals surface area contributed by atoms with Crippen LogP contribution in [0.2, 0.25) is 0 Å². The Morgan fingerprint density at radius 2 is 1.59 bits per heavy atom. The number of H-pyrrole nitrogens is 1. The lowest BCUT2D eigenvalue weighted by molar-refractivity contribution is -0.134. The fourth-order valence-electron chi connectivity index (χ4n) is 7.31. The number of carbonyl (C=O) groups excluding carboxylic acids is 4. The second-order valence-corrected chi connectivity index (χ2v) is 15.6. The Hall–Kier alpha value is -3.97. The second-order valence-electron chi connectivity index (χ2n) is 15.6. The standard InChI is InChI=1S/C38H56N6O7/c1-38(2,3)51-37(50)44-18-10-15-31(44)36(49)43-29(20-25-13-8-5-9-14-25)34(47)42-30(21-27-22-39-23-40-27)35(48)41-28(19-24-11-6-4-7-12-24)33(46)32(45)26-16-17-26/h5,8-9,13-14,22-24,26,28-33,45-46H,4,6-7,10-12,15-21H2,1-3H3,(H,39,40)(H,41,48)(H,42,47)(H,43,49)/t28-,29-,30-,31+,32-,33+/m0/s1. The summed E-state index contributed by atoms with van der Waals surface area (Å²) >= 11 is 0. The van der Waals surface area contributed by atoms with Gasteiger partial charge in [-0.1, -0.05) is 62.4 Å². The lowest BCUT2D eigenvalue weighted by Gasteiger charge is -2.33. The number of aliphatic hydroxyl groups excluding tert-OH is 2. The van der Waals surface area contributed by atoms with E-state index in [9.17, 15) is 29.4 Å². The number of amides is 4. The van der Waals surface area contributed by atoms with Gasteiger partial charge in [0, 0.05) is 31.3 Å². The molecule has 5 rings (SSSR count). The van der Waals surface area contributed by atoms with E-state index in [0.29, 0.717) is 37.4 Å². The monoisotopic (exact) mass is 708 g/mol. The van der Waals surface area contributed by atoms with Gasteiger partial charge in [-0.2, -0.15) is 0 Å². The number of aromatic nitrogens is 2. The Labute approximate surface area is 300 Å². The topological polar surface area (TPSA) is 186 Å². The van der Waals surface area contributed by atoms with E-state index in [-0.39, 0.29) is 18.8 Å². The van der Waals surface area contributed by atoms with Gasteiger partial charge in [-0.25, -0.2) is 9.78 Å². The minimum absolute atomic E-state index is 0.0136. The van der Waals surface area contributed by atoms with Crippen molar-refractivity contribution in [3.8, 4) is 0 Å². The van der Waals surface area contributed by atoms with E-state index in [2.05, 4.69) is 25.9 Å². The molecule has 2 aromatic rings. The van der Waals surface area contributed by atoms with Crippen LogP contribution in [-0.2, 0) is 32.0 Å². The van der Waals surface area contributed by atoms with Gasteiger partial charge in [0.25, 0.3) is 0 Å². The van der Waals surface area contributed by atoms with Crippen LogP contribution in [0.15, 0.2) is 42.9 Å². The summed E-state index contributed by atoms with van der Waals surface area (Å²) in [5.41, 5.74) is 0.676. The minimum Gasteiger partial charge on any atom is -0.444 e. The van der Waals surface area contributed by atoms with Gasteiger partial charge in [0.05, 0.1) is 18.5 Å². The van der Waals surface area contributed by atoms with Gasteiger partial charge in [-0.3, -0.25) is 19.3 Å². The molecular formula is C38H56N6O7. The first-order valence-electron chi connectivity index (χ1n) is 18.7. The van der Waals surface area contributed by atoms with Gasteiger partial charge in [0.1, 0.15) is 29.8 Å². The number of likely N-dealkylation sites (tertiary alicyclic amines) is 1. The zero-order valence-electron chi connectivity index (χ0n) is 30.2. The Kier molecular flexibility index (Phi) is 13.1. The molecule has 6 atom stereocenters. The maximum absolute atomic E-state index is 14.2. The van der Waals surface area contributed by atoms with E-state index in [0.717, 1.165) is 44.1 Å². The van der Waals surface area contributed by atoms with Crippen molar-refractivity contribution in [3.05, 3.63) is 54.1 Å². The van der Waals surface area contributed by atoms with Crippen LogP contribution < -0.4 is 16.0 Å². The van der Waals surface area contributed by atoms with E-state index < -0.39 is 65.8 Å². The highest BCUT2D eigenvalue weighted by Crippen LogP contribution is 2.36. The fraction of sp³-hybridized carbons (Fsp3) is 0.658. The third kappa shape index (κ3) is 11.3. The number of hydrogen-bond acceptors (Lipinski definition) is 8. The number of aromatic amines is 1. The number of ether oxygens (including phenoxy) is 1. The summed E-state index contributed by atoms with van der Waals surface area (Å²) in [7, 11) is 0. The van der Waals surface area contributed by atoms with Crippen LogP contribution in [0.5, 0.6) is 0 Å². The number of imidazole rings is 1. The van der Waals surface area contributed by atoms with Crippen LogP contribution in [-0.4, -0.2) is 97.4 Å². The van der Waals surface area contributed by atoms with E-state index in [1.165, 1.54) is 17.6 Å². The lowest BCUT2D eigenvalue weighted by Crippen LogP contribution is -2.59. The SMILES string of the molecule is CC(C)(C)OC(=O)N1CCC[C@@H]1C(=O)N[C@@H](Cc1ccccc1)C(=O)N[C@@H](Cc1cnc[nH]1)C(=O)N[C@@H](CC1CCCCC1)[C@@H](O)[C@@H](O)C1CC1. The molecule has 6 N–H and O–H groups in total. The smallest absolute Gasteiger partial charge is 0.410 e. The molecule has 3 fully saturated rings. The molecule has 1 aliphatic heterocycles. The second kappa shape index (κ2) is 17.5. The molecule has 0 unspecified atom stereocenters. The van der Waals surface area contributed by atoms with E-state index in [4.69, 9.17) is 4.74 Å². The molecule has 0 spiro atoms. The molecule has 2 aliphatic carbocycles. The largest absolute Gasteiger partial charge is 0.444 e. The molecule has 0 radical (unpaired) electrons. The van der Waals surface area contributed by atoms with Gasteiger partial charge in [0.15, 0.2) is 0 Å². The number of nitrogens with zero attached hydrogens (tertiary/aromatic N) is 2. The van der Waals surface area contributed by atoms with Crippen molar-refractivity contribution in [2.75, 3.05) is 6.54 Å². The van der Waals surface area contributed by atoms with Gasteiger partial charge < -0.3 is 35.9 Å². The number of rotatable bonds is 15. The Bertz CT molecular complexity index is 1440. The molecule has 1 saturated heterocycles. The summed E-state index contributed by atoms with van der Waals surface area (Å²) in [6, 6.07) is 5.59. The lowest BCUT2D eigenvalue weighted by atomic mass is 9.82. The molecular weight excluding hydrogens is 652 g/mol. The van der Waals surface area contributed by atoms with Crippen LogP contribution >= 0.6 is 0 Å².